The Bertz CT molecular complexity index is 1060. The highest BCUT2D eigenvalue weighted by Crippen LogP contribution is 2.45. The van der Waals surface area contributed by atoms with Gasteiger partial charge < -0.3 is 23.7 Å². The molecule has 2 heterocycles. The maximum atomic E-state index is 13.2. The van der Waals surface area contributed by atoms with Gasteiger partial charge in [-0.25, -0.2) is 4.79 Å². The predicted molar refractivity (Wildman–Crippen MR) is 117 cm³/mol. The van der Waals surface area contributed by atoms with Gasteiger partial charge in [0.15, 0.2) is 5.60 Å². The number of Topliss-reactive ketones (excluding diaryl/α,β-unsaturated/α-hetero) is 2. The SMILES string of the molecule is COCCOCCOc1ccc(C(=O)C2=C3C=C4CC(C)OC=C4C(=O)C3(C)OC2=O)cc1. The van der Waals surface area contributed by atoms with Crippen LogP contribution in [0.3, 0.4) is 0 Å². The zero-order valence-corrected chi connectivity index (χ0v) is 18.8. The van der Waals surface area contributed by atoms with Crippen LogP contribution in [0.15, 0.2) is 58.9 Å². The molecule has 8 heteroatoms. The zero-order chi connectivity index (χ0) is 23.6. The molecule has 2 unspecified atom stereocenters. The second-order valence-electron chi connectivity index (χ2n) is 8.20. The Kier molecular flexibility index (Phi) is 6.49. The Hall–Kier alpha value is -3.23. The summed E-state index contributed by atoms with van der Waals surface area (Å²) in [6.45, 7) is 5.17. The van der Waals surface area contributed by atoms with Crippen molar-refractivity contribution in [1.82, 2.24) is 0 Å². The number of fused-ring (bicyclic) bond motifs is 2. The molecule has 0 N–H and O–H groups in total. The van der Waals surface area contributed by atoms with Crippen LogP contribution in [0.4, 0.5) is 0 Å². The number of hydrogen-bond donors (Lipinski definition) is 0. The Morgan fingerprint density at radius 2 is 1.85 bits per heavy atom. The maximum absolute atomic E-state index is 13.2. The summed E-state index contributed by atoms with van der Waals surface area (Å²) in [6.07, 6.45) is 3.55. The van der Waals surface area contributed by atoms with E-state index in [-0.39, 0.29) is 17.5 Å². The van der Waals surface area contributed by atoms with E-state index in [4.69, 9.17) is 23.7 Å². The molecule has 1 aliphatic carbocycles. The molecule has 0 amide bonds. The first kappa shape index (κ1) is 22.9. The molecule has 33 heavy (non-hydrogen) atoms. The molecular formula is C25H26O8. The lowest BCUT2D eigenvalue weighted by atomic mass is 9.75. The molecule has 0 fully saturated rings. The lowest BCUT2D eigenvalue weighted by molar-refractivity contribution is -0.152. The minimum atomic E-state index is -1.53. The fourth-order valence-electron chi connectivity index (χ4n) is 4.04. The molecule has 0 saturated heterocycles. The monoisotopic (exact) mass is 454 g/mol. The number of esters is 1. The molecule has 2 aliphatic heterocycles. The summed E-state index contributed by atoms with van der Waals surface area (Å²) in [5.41, 5.74) is 0.0801. The van der Waals surface area contributed by atoms with E-state index in [2.05, 4.69) is 0 Å². The molecule has 0 spiro atoms. The third kappa shape index (κ3) is 4.36. The minimum absolute atomic E-state index is 0.104. The largest absolute Gasteiger partial charge is 0.497 e. The second-order valence-corrected chi connectivity index (χ2v) is 8.20. The van der Waals surface area contributed by atoms with E-state index >= 15 is 0 Å². The van der Waals surface area contributed by atoms with Crippen LogP contribution in [-0.4, -0.2) is 62.8 Å². The van der Waals surface area contributed by atoms with E-state index < -0.39 is 17.4 Å². The smallest absolute Gasteiger partial charge is 0.343 e. The first-order valence-electron chi connectivity index (χ1n) is 10.8. The highest BCUT2D eigenvalue weighted by Gasteiger charge is 2.54. The lowest BCUT2D eigenvalue weighted by Crippen LogP contribution is -2.42. The van der Waals surface area contributed by atoms with Gasteiger partial charge in [-0.3, -0.25) is 9.59 Å². The van der Waals surface area contributed by atoms with Gasteiger partial charge in [-0.15, -0.1) is 0 Å². The molecule has 0 saturated carbocycles. The van der Waals surface area contributed by atoms with Crippen molar-refractivity contribution in [3.63, 3.8) is 0 Å². The van der Waals surface area contributed by atoms with Gasteiger partial charge >= 0.3 is 5.97 Å². The van der Waals surface area contributed by atoms with E-state index in [1.54, 1.807) is 37.5 Å². The number of benzene rings is 1. The maximum Gasteiger partial charge on any atom is 0.343 e. The van der Waals surface area contributed by atoms with Crippen LogP contribution in [0.25, 0.3) is 0 Å². The van der Waals surface area contributed by atoms with Gasteiger partial charge in [0, 0.05) is 24.7 Å². The normalized spacial score (nSPS) is 23.8. The van der Waals surface area contributed by atoms with Gasteiger partial charge in [-0.2, -0.15) is 0 Å². The summed E-state index contributed by atoms with van der Waals surface area (Å²) in [4.78, 5) is 39.1. The summed E-state index contributed by atoms with van der Waals surface area (Å²) in [6, 6.07) is 6.47. The molecule has 8 nitrogen and oxygen atoms in total. The van der Waals surface area contributed by atoms with Crippen molar-refractivity contribution in [2.24, 2.45) is 0 Å². The van der Waals surface area contributed by atoms with Crippen molar-refractivity contribution < 1.29 is 38.1 Å². The molecule has 1 aromatic carbocycles. The number of carbonyl (C=O) groups is 3. The van der Waals surface area contributed by atoms with Crippen molar-refractivity contribution in [2.75, 3.05) is 33.5 Å². The molecular weight excluding hydrogens is 428 g/mol. The standard InChI is InChI=1S/C25H26O8/c1-15-12-17-13-20-21(24(28)33-25(20,2)23(27)19(17)14-32-15)22(26)16-4-6-18(7-5-16)31-11-10-30-9-8-29-3/h4-7,13-15H,8-12H2,1-3H3. The summed E-state index contributed by atoms with van der Waals surface area (Å²) in [7, 11) is 1.61. The van der Waals surface area contributed by atoms with Crippen molar-refractivity contribution in [3.05, 3.63) is 64.5 Å². The average Bonchev–Trinajstić information content (AvgIpc) is 3.06. The van der Waals surface area contributed by atoms with Gasteiger partial charge in [0.2, 0.25) is 11.6 Å². The van der Waals surface area contributed by atoms with Gasteiger partial charge in [0.1, 0.15) is 17.9 Å². The van der Waals surface area contributed by atoms with Crippen LogP contribution < -0.4 is 4.74 Å². The highest BCUT2D eigenvalue weighted by molar-refractivity contribution is 6.29. The van der Waals surface area contributed by atoms with Crippen LogP contribution in [-0.2, 0) is 28.5 Å². The van der Waals surface area contributed by atoms with Crippen LogP contribution in [0.5, 0.6) is 5.75 Å². The van der Waals surface area contributed by atoms with Crippen LogP contribution in [0.2, 0.25) is 0 Å². The predicted octanol–water partition coefficient (Wildman–Crippen LogP) is 2.73. The van der Waals surface area contributed by atoms with Crippen molar-refractivity contribution in [2.45, 2.75) is 32.0 Å². The van der Waals surface area contributed by atoms with Gasteiger partial charge in [0.05, 0.1) is 37.8 Å². The topological polar surface area (TPSA) is 97.4 Å². The Morgan fingerprint density at radius 1 is 1.12 bits per heavy atom. The fourth-order valence-corrected chi connectivity index (χ4v) is 4.04. The first-order chi connectivity index (χ1) is 15.8. The average molecular weight is 454 g/mol. The highest BCUT2D eigenvalue weighted by atomic mass is 16.6. The molecule has 0 bridgehead atoms. The molecule has 0 aromatic heterocycles. The molecule has 1 aromatic rings. The third-order valence-electron chi connectivity index (χ3n) is 5.82. The molecule has 4 rings (SSSR count). The van der Waals surface area contributed by atoms with Gasteiger partial charge in [-0.1, -0.05) is 0 Å². The molecule has 2 atom stereocenters. The van der Waals surface area contributed by atoms with E-state index in [9.17, 15) is 14.4 Å². The minimum Gasteiger partial charge on any atom is -0.497 e. The van der Waals surface area contributed by atoms with Crippen LogP contribution in [0.1, 0.15) is 30.6 Å². The Morgan fingerprint density at radius 3 is 2.58 bits per heavy atom. The summed E-state index contributed by atoms with van der Waals surface area (Å²) in [5, 5.41) is 0. The van der Waals surface area contributed by atoms with E-state index in [0.717, 1.165) is 5.57 Å². The lowest BCUT2D eigenvalue weighted by Gasteiger charge is -2.33. The van der Waals surface area contributed by atoms with Crippen molar-refractivity contribution >= 4 is 17.5 Å². The van der Waals surface area contributed by atoms with Gasteiger partial charge in [-0.05, 0) is 49.8 Å². The fraction of sp³-hybridized carbons (Fsp3) is 0.400. The number of carbonyl (C=O) groups excluding carboxylic acids is 3. The van der Waals surface area contributed by atoms with Crippen molar-refractivity contribution in [3.8, 4) is 5.75 Å². The molecule has 3 aliphatic rings. The summed E-state index contributed by atoms with van der Waals surface area (Å²) in [5.74, 6) is -1.11. The van der Waals surface area contributed by atoms with Crippen LogP contribution >= 0.6 is 0 Å². The summed E-state index contributed by atoms with van der Waals surface area (Å²) < 4.78 is 26.8. The van der Waals surface area contributed by atoms with Crippen molar-refractivity contribution in [1.29, 1.82) is 0 Å². The zero-order valence-electron chi connectivity index (χ0n) is 18.8. The number of ketones is 2. The number of methoxy groups -OCH3 is 1. The quantitative estimate of drug-likeness (QED) is 0.243. The number of rotatable bonds is 9. The molecule has 0 radical (unpaired) electrons. The van der Waals surface area contributed by atoms with E-state index in [0.29, 0.717) is 55.3 Å². The van der Waals surface area contributed by atoms with E-state index in [1.807, 2.05) is 6.92 Å². The second kappa shape index (κ2) is 9.33. The summed E-state index contributed by atoms with van der Waals surface area (Å²) >= 11 is 0. The van der Waals surface area contributed by atoms with Crippen LogP contribution in [0, 0.1) is 0 Å². The van der Waals surface area contributed by atoms with E-state index in [1.165, 1.54) is 13.2 Å². The third-order valence-corrected chi connectivity index (χ3v) is 5.82. The van der Waals surface area contributed by atoms with Gasteiger partial charge in [0.25, 0.3) is 0 Å². The Labute approximate surface area is 191 Å². The first-order valence-corrected chi connectivity index (χ1v) is 10.8. The Balaban J connectivity index is 1.54. The number of hydrogen-bond acceptors (Lipinski definition) is 8. The molecule has 174 valence electrons. The number of ether oxygens (including phenoxy) is 5.